The number of amides is 1. The van der Waals surface area contributed by atoms with E-state index in [0.29, 0.717) is 13.0 Å². The number of Topliss-reactive ketones (excluding diaryl/α,β-unsaturated/α-hetero) is 1. The molecule has 0 saturated carbocycles. The highest BCUT2D eigenvalue weighted by atomic mass is 16.5. The number of hydrogen-bond donors (Lipinski definition) is 0. The van der Waals surface area contributed by atoms with Crippen LogP contribution in [0.25, 0.3) is 11.1 Å². The molecule has 0 unspecified atom stereocenters. The number of hydrogen-bond acceptors (Lipinski definition) is 3. The summed E-state index contributed by atoms with van der Waals surface area (Å²) in [7, 11) is 1.68. The van der Waals surface area contributed by atoms with E-state index in [9.17, 15) is 9.59 Å². The van der Waals surface area contributed by atoms with Crippen LogP contribution in [-0.2, 0) is 15.0 Å². The largest absolute Gasteiger partial charge is 0.496 e. The third-order valence-corrected chi connectivity index (χ3v) is 4.75. The summed E-state index contributed by atoms with van der Waals surface area (Å²) in [6.07, 6.45) is 0.390. The fraction of sp³-hybridized carbons (Fsp3) is 0.417. The minimum atomic E-state index is -0.153. The minimum absolute atomic E-state index is 0.0130. The molecule has 0 aliphatic carbocycles. The van der Waals surface area contributed by atoms with Gasteiger partial charge in [-0.05, 0) is 23.1 Å². The van der Waals surface area contributed by atoms with Crippen molar-refractivity contribution in [3.05, 3.63) is 48.0 Å². The Labute approximate surface area is 168 Å². The van der Waals surface area contributed by atoms with E-state index in [0.717, 1.165) is 28.1 Å². The van der Waals surface area contributed by atoms with Gasteiger partial charge in [0, 0.05) is 29.8 Å². The topological polar surface area (TPSA) is 46.6 Å². The van der Waals surface area contributed by atoms with E-state index in [-0.39, 0.29) is 23.5 Å². The van der Waals surface area contributed by atoms with E-state index < -0.39 is 0 Å². The Kier molecular flexibility index (Phi) is 7.00. The highest BCUT2D eigenvalue weighted by Gasteiger charge is 2.29. The molecule has 150 valence electrons. The van der Waals surface area contributed by atoms with Crippen LogP contribution in [-0.4, -0.2) is 25.3 Å². The molecule has 2 aromatic carbocycles. The second kappa shape index (κ2) is 9.05. The van der Waals surface area contributed by atoms with Crippen LogP contribution < -0.4 is 9.64 Å². The molecular weight excluding hydrogens is 350 g/mol. The summed E-state index contributed by atoms with van der Waals surface area (Å²) in [5.41, 5.74) is 3.71. The summed E-state index contributed by atoms with van der Waals surface area (Å²) in [6, 6.07) is 14.1. The number of methoxy groups -OCH3 is 1. The number of carbonyl (C=O) groups excluding carboxylic acids is 2. The molecule has 0 atom stereocenters. The summed E-state index contributed by atoms with van der Waals surface area (Å²) in [5.74, 6) is 0.706. The SMILES string of the molecule is CC.COc1c(-c2ccccc2)cc(N2CCC(=O)CC2=O)cc1C(C)(C)C. The van der Waals surface area contributed by atoms with Gasteiger partial charge in [0.05, 0.1) is 13.5 Å². The van der Waals surface area contributed by atoms with Crippen molar-refractivity contribution in [3.63, 3.8) is 0 Å². The van der Waals surface area contributed by atoms with Gasteiger partial charge < -0.3 is 9.64 Å². The van der Waals surface area contributed by atoms with Crippen molar-refractivity contribution < 1.29 is 14.3 Å². The van der Waals surface area contributed by atoms with Gasteiger partial charge in [-0.3, -0.25) is 9.59 Å². The zero-order valence-electron chi connectivity index (χ0n) is 17.8. The maximum absolute atomic E-state index is 12.4. The Morgan fingerprint density at radius 3 is 2.18 bits per heavy atom. The lowest BCUT2D eigenvalue weighted by atomic mass is 9.83. The van der Waals surface area contributed by atoms with Crippen molar-refractivity contribution in [2.45, 2.75) is 52.9 Å². The quantitative estimate of drug-likeness (QED) is 0.671. The summed E-state index contributed by atoms with van der Waals surface area (Å²) >= 11 is 0. The first-order valence-electron chi connectivity index (χ1n) is 9.91. The molecule has 2 aromatic rings. The number of nitrogens with zero attached hydrogens (tertiary/aromatic N) is 1. The van der Waals surface area contributed by atoms with Gasteiger partial charge in [0.15, 0.2) is 0 Å². The van der Waals surface area contributed by atoms with E-state index in [1.54, 1.807) is 12.0 Å². The average molecular weight is 382 g/mol. The van der Waals surface area contributed by atoms with Crippen LogP contribution in [0.2, 0.25) is 0 Å². The maximum atomic E-state index is 12.4. The van der Waals surface area contributed by atoms with Crippen LogP contribution in [0.4, 0.5) is 5.69 Å². The van der Waals surface area contributed by atoms with Gasteiger partial charge in [-0.2, -0.15) is 0 Å². The molecule has 4 heteroatoms. The van der Waals surface area contributed by atoms with Gasteiger partial charge in [-0.15, -0.1) is 0 Å². The Bertz CT molecular complexity index is 835. The second-order valence-electron chi connectivity index (χ2n) is 7.70. The first-order chi connectivity index (χ1) is 13.3. The number of benzene rings is 2. The molecule has 0 spiro atoms. The molecule has 0 aromatic heterocycles. The van der Waals surface area contributed by atoms with Gasteiger partial charge in [-0.25, -0.2) is 0 Å². The third-order valence-electron chi connectivity index (χ3n) is 4.75. The van der Waals surface area contributed by atoms with Gasteiger partial charge in [0.1, 0.15) is 11.5 Å². The molecule has 0 bridgehead atoms. The van der Waals surface area contributed by atoms with E-state index in [2.05, 4.69) is 20.8 Å². The molecular formula is C24H31NO3. The highest BCUT2D eigenvalue weighted by molar-refractivity contribution is 6.08. The van der Waals surface area contributed by atoms with Gasteiger partial charge >= 0.3 is 0 Å². The van der Waals surface area contributed by atoms with Crippen LogP contribution in [0.15, 0.2) is 42.5 Å². The lowest BCUT2D eigenvalue weighted by Crippen LogP contribution is -2.39. The predicted molar refractivity (Wildman–Crippen MR) is 115 cm³/mol. The smallest absolute Gasteiger partial charge is 0.234 e. The standard InChI is InChI=1S/C22H25NO3.C2H6/c1-22(2,3)19-13-16(23-11-10-17(24)14-20(23)25)12-18(21(19)26-4)15-8-6-5-7-9-15;1-2/h5-9,12-13H,10-11,14H2,1-4H3;1-2H3. The van der Waals surface area contributed by atoms with Crippen molar-refractivity contribution in [3.8, 4) is 16.9 Å². The third kappa shape index (κ3) is 4.61. The van der Waals surface area contributed by atoms with Crippen LogP contribution in [0, 0.1) is 0 Å². The Morgan fingerprint density at radius 2 is 1.64 bits per heavy atom. The molecule has 1 aliphatic rings. The van der Waals surface area contributed by atoms with Crippen LogP contribution >= 0.6 is 0 Å². The number of anilines is 1. The van der Waals surface area contributed by atoms with Gasteiger partial charge in [0.2, 0.25) is 5.91 Å². The number of carbonyl (C=O) groups is 2. The normalized spacial score (nSPS) is 14.4. The molecule has 1 fully saturated rings. The maximum Gasteiger partial charge on any atom is 0.234 e. The molecule has 0 N–H and O–H groups in total. The number of ether oxygens (including phenoxy) is 1. The fourth-order valence-electron chi connectivity index (χ4n) is 3.37. The average Bonchev–Trinajstić information content (AvgIpc) is 2.68. The van der Waals surface area contributed by atoms with E-state index in [1.165, 1.54) is 0 Å². The van der Waals surface area contributed by atoms with Crippen molar-refractivity contribution in [1.29, 1.82) is 0 Å². The summed E-state index contributed by atoms with van der Waals surface area (Å²) in [5, 5.41) is 0. The number of ketones is 1. The zero-order valence-corrected chi connectivity index (χ0v) is 17.8. The molecule has 0 radical (unpaired) electrons. The monoisotopic (exact) mass is 381 g/mol. The summed E-state index contributed by atoms with van der Waals surface area (Å²) in [4.78, 5) is 25.8. The first-order valence-corrected chi connectivity index (χ1v) is 9.91. The van der Waals surface area contributed by atoms with Crippen molar-refractivity contribution >= 4 is 17.4 Å². The molecule has 1 aliphatic heterocycles. The molecule has 1 saturated heterocycles. The zero-order chi connectivity index (χ0) is 20.9. The van der Waals surface area contributed by atoms with Crippen molar-refractivity contribution in [1.82, 2.24) is 0 Å². The summed E-state index contributed by atoms with van der Waals surface area (Å²) < 4.78 is 5.79. The Hall–Kier alpha value is -2.62. The molecule has 28 heavy (non-hydrogen) atoms. The fourth-order valence-corrected chi connectivity index (χ4v) is 3.37. The van der Waals surface area contributed by atoms with E-state index in [1.807, 2.05) is 56.3 Å². The molecule has 1 heterocycles. The molecule has 3 rings (SSSR count). The Balaban J connectivity index is 0.00000136. The Morgan fingerprint density at radius 1 is 1.00 bits per heavy atom. The van der Waals surface area contributed by atoms with Crippen LogP contribution in [0.1, 0.15) is 53.0 Å². The second-order valence-corrected chi connectivity index (χ2v) is 7.70. The lowest BCUT2D eigenvalue weighted by Gasteiger charge is -2.30. The van der Waals surface area contributed by atoms with Crippen LogP contribution in [0.3, 0.4) is 0 Å². The highest BCUT2D eigenvalue weighted by Crippen LogP contribution is 2.42. The van der Waals surface area contributed by atoms with Gasteiger partial charge in [0.25, 0.3) is 0 Å². The molecule has 1 amide bonds. The van der Waals surface area contributed by atoms with E-state index in [4.69, 9.17) is 4.74 Å². The lowest BCUT2D eigenvalue weighted by molar-refractivity contribution is -0.128. The minimum Gasteiger partial charge on any atom is -0.496 e. The van der Waals surface area contributed by atoms with Crippen molar-refractivity contribution in [2.24, 2.45) is 0 Å². The van der Waals surface area contributed by atoms with Crippen LogP contribution in [0.5, 0.6) is 5.75 Å². The number of rotatable bonds is 3. The van der Waals surface area contributed by atoms with E-state index >= 15 is 0 Å². The number of piperidine rings is 1. The predicted octanol–water partition coefficient (Wildman–Crippen LogP) is 5.38. The van der Waals surface area contributed by atoms with Crippen molar-refractivity contribution in [2.75, 3.05) is 18.6 Å². The van der Waals surface area contributed by atoms with Gasteiger partial charge in [-0.1, -0.05) is 65.0 Å². The summed E-state index contributed by atoms with van der Waals surface area (Å²) in [6.45, 7) is 10.8. The first kappa shape index (κ1) is 21.7. The molecule has 4 nitrogen and oxygen atoms in total.